The molecule has 5 heteroatoms. The summed E-state index contributed by atoms with van der Waals surface area (Å²) in [6, 6.07) is 14.2. The molecule has 150 valence electrons. The van der Waals surface area contributed by atoms with Crippen LogP contribution in [0.1, 0.15) is 48.1 Å². The van der Waals surface area contributed by atoms with E-state index in [1.54, 1.807) is 11.3 Å². The molecule has 1 aliphatic rings. The highest BCUT2D eigenvalue weighted by molar-refractivity contribution is 7.07. The fourth-order valence-electron chi connectivity index (χ4n) is 3.90. The van der Waals surface area contributed by atoms with Crippen molar-refractivity contribution in [1.82, 2.24) is 9.88 Å². The summed E-state index contributed by atoms with van der Waals surface area (Å²) in [6.07, 6.45) is 4.36. The molecule has 0 N–H and O–H groups in total. The molecule has 1 aliphatic heterocycles. The van der Waals surface area contributed by atoms with Crippen molar-refractivity contribution in [3.63, 3.8) is 0 Å². The van der Waals surface area contributed by atoms with Gasteiger partial charge >= 0.3 is 6.09 Å². The number of nitrogens with zero attached hydrogens (tertiary/aromatic N) is 2. The maximum atomic E-state index is 12.7. The Kier molecular flexibility index (Phi) is 5.95. The van der Waals surface area contributed by atoms with Gasteiger partial charge in [-0.1, -0.05) is 18.2 Å². The molecule has 3 aromatic rings. The Bertz CT molecular complexity index is 936. The van der Waals surface area contributed by atoms with E-state index in [9.17, 15) is 4.79 Å². The molecule has 2 unspecified atom stereocenters. The normalized spacial score (nSPS) is 19.2. The van der Waals surface area contributed by atoms with Crippen LogP contribution < -0.4 is 4.74 Å². The highest BCUT2D eigenvalue weighted by atomic mass is 32.1. The van der Waals surface area contributed by atoms with E-state index in [-0.39, 0.29) is 12.1 Å². The molecule has 0 radical (unpaired) electrons. The third-order valence-corrected chi connectivity index (χ3v) is 6.31. The first-order valence-corrected chi connectivity index (χ1v) is 11.0. The van der Waals surface area contributed by atoms with Gasteiger partial charge in [0.15, 0.2) is 0 Å². The number of ether oxygens (including phenoxy) is 1. The molecular formula is C24H26N2O2S. The van der Waals surface area contributed by atoms with Crippen LogP contribution in [0.4, 0.5) is 4.79 Å². The lowest BCUT2D eigenvalue weighted by Gasteiger charge is -2.36. The van der Waals surface area contributed by atoms with Crippen LogP contribution in [0, 0.1) is 6.92 Å². The lowest BCUT2D eigenvalue weighted by molar-refractivity contribution is 0.113. The summed E-state index contributed by atoms with van der Waals surface area (Å²) in [6.45, 7) is 4.88. The van der Waals surface area contributed by atoms with Gasteiger partial charge in [-0.15, -0.1) is 0 Å². The number of benzene rings is 1. The fraction of sp³-hybridized carbons (Fsp3) is 0.333. The summed E-state index contributed by atoms with van der Waals surface area (Å²) >= 11 is 1.74. The van der Waals surface area contributed by atoms with Gasteiger partial charge in [0.2, 0.25) is 0 Å². The Labute approximate surface area is 176 Å². The Balaban J connectivity index is 1.33. The van der Waals surface area contributed by atoms with Crippen molar-refractivity contribution in [1.29, 1.82) is 0 Å². The van der Waals surface area contributed by atoms with E-state index in [0.29, 0.717) is 11.7 Å². The fourth-order valence-corrected chi connectivity index (χ4v) is 4.64. The summed E-state index contributed by atoms with van der Waals surface area (Å²) in [5, 5.41) is 4.35. The Morgan fingerprint density at radius 2 is 2.03 bits per heavy atom. The maximum absolute atomic E-state index is 12.7. The second kappa shape index (κ2) is 8.78. The van der Waals surface area contributed by atoms with Gasteiger partial charge in [0.25, 0.3) is 0 Å². The minimum atomic E-state index is -0.255. The van der Waals surface area contributed by atoms with Crippen molar-refractivity contribution in [2.75, 3.05) is 6.54 Å². The first kappa shape index (κ1) is 19.6. The molecule has 29 heavy (non-hydrogen) atoms. The van der Waals surface area contributed by atoms with Gasteiger partial charge in [-0.2, -0.15) is 11.3 Å². The number of aromatic nitrogens is 1. The summed E-state index contributed by atoms with van der Waals surface area (Å²) in [4.78, 5) is 19.0. The lowest BCUT2D eigenvalue weighted by atomic mass is 9.87. The van der Waals surface area contributed by atoms with Crippen molar-refractivity contribution in [2.24, 2.45) is 0 Å². The number of pyridine rings is 1. The van der Waals surface area contributed by atoms with E-state index < -0.39 is 0 Å². The molecular weight excluding hydrogens is 380 g/mol. The van der Waals surface area contributed by atoms with Gasteiger partial charge in [0.1, 0.15) is 5.75 Å². The van der Waals surface area contributed by atoms with Gasteiger partial charge in [-0.3, -0.25) is 4.98 Å². The molecule has 0 aliphatic carbocycles. The van der Waals surface area contributed by atoms with E-state index in [1.807, 2.05) is 48.4 Å². The van der Waals surface area contributed by atoms with Crippen LogP contribution in [0.3, 0.4) is 0 Å². The minimum absolute atomic E-state index is 0.174. The number of hydrogen-bond donors (Lipinski definition) is 0. The van der Waals surface area contributed by atoms with Crippen LogP contribution in [-0.4, -0.2) is 28.6 Å². The number of likely N-dealkylation sites (tertiary alicyclic amines) is 1. The maximum Gasteiger partial charge on any atom is 0.415 e. The van der Waals surface area contributed by atoms with E-state index in [1.165, 1.54) is 5.56 Å². The zero-order chi connectivity index (χ0) is 20.2. The molecule has 0 bridgehead atoms. The Hall–Kier alpha value is -2.66. The molecule has 3 heterocycles. The molecule has 0 saturated carbocycles. The number of amides is 1. The van der Waals surface area contributed by atoms with Crippen molar-refractivity contribution in [2.45, 2.75) is 45.1 Å². The van der Waals surface area contributed by atoms with Crippen LogP contribution in [0.2, 0.25) is 0 Å². The molecule has 2 aromatic heterocycles. The van der Waals surface area contributed by atoms with Crippen molar-refractivity contribution in [3.05, 3.63) is 81.8 Å². The topological polar surface area (TPSA) is 42.4 Å². The third kappa shape index (κ3) is 4.85. The average molecular weight is 407 g/mol. The molecule has 4 nitrogen and oxygen atoms in total. The summed E-state index contributed by atoms with van der Waals surface area (Å²) < 4.78 is 5.64. The molecule has 1 saturated heterocycles. The second-order valence-corrected chi connectivity index (χ2v) is 8.62. The Morgan fingerprint density at radius 1 is 1.21 bits per heavy atom. The van der Waals surface area contributed by atoms with Crippen LogP contribution >= 0.6 is 11.3 Å². The number of aryl methyl sites for hydroxylation is 1. The van der Waals surface area contributed by atoms with Crippen molar-refractivity contribution >= 4 is 17.4 Å². The molecule has 4 rings (SSSR count). The molecule has 0 spiro atoms. The van der Waals surface area contributed by atoms with E-state index in [4.69, 9.17) is 4.74 Å². The molecule has 1 amide bonds. The van der Waals surface area contributed by atoms with E-state index in [0.717, 1.165) is 42.6 Å². The van der Waals surface area contributed by atoms with Crippen LogP contribution in [0.5, 0.6) is 5.75 Å². The van der Waals surface area contributed by atoms with Gasteiger partial charge in [0.05, 0.1) is 0 Å². The van der Waals surface area contributed by atoms with Crippen molar-refractivity contribution < 1.29 is 9.53 Å². The number of hydrogen-bond acceptors (Lipinski definition) is 4. The van der Waals surface area contributed by atoms with Crippen LogP contribution in [-0.2, 0) is 6.42 Å². The first-order valence-electron chi connectivity index (χ1n) is 10.1. The molecule has 1 aromatic carbocycles. The van der Waals surface area contributed by atoms with E-state index in [2.05, 4.69) is 34.8 Å². The largest absolute Gasteiger partial charge is 0.415 e. The number of thiophene rings is 1. The smallest absolute Gasteiger partial charge is 0.410 e. The number of carbonyl (C=O) groups excluding carboxylic acids is 1. The van der Waals surface area contributed by atoms with Crippen LogP contribution in [0.15, 0.2) is 59.4 Å². The zero-order valence-electron chi connectivity index (χ0n) is 16.9. The summed E-state index contributed by atoms with van der Waals surface area (Å²) in [5.41, 5.74) is 4.73. The Morgan fingerprint density at radius 3 is 2.69 bits per heavy atom. The predicted octanol–water partition coefficient (Wildman–Crippen LogP) is 5.81. The minimum Gasteiger partial charge on any atom is -0.410 e. The number of rotatable bonds is 4. The van der Waals surface area contributed by atoms with Gasteiger partial charge in [-0.05, 0) is 84.3 Å². The molecule has 1 fully saturated rings. The predicted molar refractivity (Wildman–Crippen MR) is 117 cm³/mol. The van der Waals surface area contributed by atoms with Crippen molar-refractivity contribution in [3.8, 4) is 5.75 Å². The SMILES string of the molecule is Cc1ccc(Cc2ccc(OC(=O)N3CCC(c4ccsc4)CC3C)cc2)nc1. The van der Waals surface area contributed by atoms with Gasteiger partial charge in [-0.25, -0.2) is 4.79 Å². The van der Waals surface area contributed by atoms with Gasteiger partial charge < -0.3 is 9.64 Å². The number of carbonyl (C=O) groups is 1. The summed E-state index contributed by atoms with van der Waals surface area (Å²) in [7, 11) is 0. The van der Waals surface area contributed by atoms with E-state index >= 15 is 0 Å². The van der Waals surface area contributed by atoms with Gasteiger partial charge in [0, 0.05) is 30.9 Å². The first-order chi connectivity index (χ1) is 14.1. The molecule has 2 atom stereocenters. The zero-order valence-corrected chi connectivity index (χ0v) is 17.7. The third-order valence-electron chi connectivity index (χ3n) is 5.61. The lowest BCUT2D eigenvalue weighted by Crippen LogP contribution is -2.45. The average Bonchev–Trinajstić information content (AvgIpc) is 3.26. The summed E-state index contributed by atoms with van der Waals surface area (Å²) in [5.74, 6) is 1.12. The monoisotopic (exact) mass is 406 g/mol. The standard InChI is InChI=1S/C24H26N2O2S/c1-17-3-6-22(25-15-17)14-19-4-7-23(8-5-19)28-24(27)26-11-9-20(13-18(26)2)21-10-12-29-16-21/h3-8,10,12,15-16,18,20H,9,11,13-14H2,1-2H3. The van der Waals surface area contributed by atoms with Crippen LogP contribution in [0.25, 0.3) is 0 Å². The second-order valence-electron chi connectivity index (χ2n) is 7.84. The highest BCUT2D eigenvalue weighted by Crippen LogP contribution is 2.33. The quantitative estimate of drug-likeness (QED) is 0.549. The number of piperidine rings is 1. The highest BCUT2D eigenvalue weighted by Gasteiger charge is 2.30.